The Kier molecular flexibility index (Phi) is 4.63. The molecule has 0 unspecified atom stereocenters. The van der Waals surface area contributed by atoms with E-state index in [4.69, 9.17) is 19.6 Å². The highest BCUT2D eigenvalue weighted by atomic mass is 32.1. The van der Waals surface area contributed by atoms with Gasteiger partial charge in [-0.3, -0.25) is 4.79 Å². The molecule has 0 bridgehead atoms. The number of imidazole rings is 1. The van der Waals surface area contributed by atoms with Gasteiger partial charge in [0.05, 0.1) is 14.2 Å². The molecule has 2 aromatic heterocycles. The van der Waals surface area contributed by atoms with E-state index in [1.807, 2.05) is 18.2 Å². The number of ether oxygens (including phenoxy) is 2. The van der Waals surface area contributed by atoms with Crippen molar-refractivity contribution in [2.24, 2.45) is 0 Å². The van der Waals surface area contributed by atoms with E-state index in [9.17, 15) is 4.79 Å². The Morgan fingerprint density at radius 1 is 1.19 bits per heavy atom. The van der Waals surface area contributed by atoms with E-state index in [2.05, 4.69) is 0 Å². The fraction of sp³-hybridized carbons (Fsp3) is 0.421. The van der Waals surface area contributed by atoms with E-state index in [1.165, 1.54) is 32.1 Å². The molecule has 136 valence electrons. The Bertz CT molecular complexity index is 941. The SMILES string of the molecule is COc1ccc(OC)c(-c2nc3sc(C4CCCCC4)nn3c2C=O)c1. The number of aromatic nitrogens is 3. The van der Waals surface area contributed by atoms with Gasteiger partial charge >= 0.3 is 0 Å². The molecule has 6 nitrogen and oxygen atoms in total. The number of carbonyl (C=O) groups is 1. The van der Waals surface area contributed by atoms with Gasteiger partial charge in [-0.1, -0.05) is 30.6 Å². The molecular weight excluding hydrogens is 350 g/mol. The zero-order chi connectivity index (χ0) is 18.1. The molecule has 1 aliphatic carbocycles. The van der Waals surface area contributed by atoms with Crippen molar-refractivity contribution >= 4 is 22.6 Å². The number of hydrogen-bond acceptors (Lipinski definition) is 6. The lowest BCUT2D eigenvalue weighted by atomic mass is 9.90. The fourth-order valence-corrected chi connectivity index (χ4v) is 4.67. The number of rotatable bonds is 5. The molecule has 0 amide bonds. The summed E-state index contributed by atoms with van der Waals surface area (Å²) in [5.41, 5.74) is 1.75. The zero-order valence-corrected chi connectivity index (χ0v) is 15.7. The summed E-state index contributed by atoms with van der Waals surface area (Å²) in [4.78, 5) is 17.3. The highest BCUT2D eigenvalue weighted by Crippen LogP contribution is 2.38. The first-order valence-electron chi connectivity index (χ1n) is 8.82. The Hall–Kier alpha value is -2.41. The highest BCUT2D eigenvalue weighted by Gasteiger charge is 2.24. The maximum atomic E-state index is 11.8. The van der Waals surface area contributed by atoms with Crippen LogP contribution < -0.4 is 9.47 Å². The first kappa shape index (κ1) is 17.0. The van der Waals surface area contributed by atoms with Crippen molar-refractivity contribution in [3.05, 3.63) is 28.9 Å². The van der Waals surface area contributed by atoms with Crippen molar-refractivity contribution in [3.63, 3.8) is 0 Å². The van der Waals surface area contributed by atoms with Crippen LogP contribution in [0.5, 0.6) is 11.5 Å². The summed E-state index contributed by atoms with van der Waals surface area (Å²) in [6.45, 7) is 0. The van der Waals surface area contributed by atoms with Crippen LogP contribution in [0.3, 0.4) is 0 Å². The van der Waals surface area contributed by atoms with Gasteiger partial charge in [0.2, 0.25) is 4.96 Å². The van der Waals surface area contributed by atoms with Gasteiger partial charge in [0, 0.05) is 11.5 Å². The first-order valence-corrected chi connectivity index (χ1v) is 9.64. The van der Waals surface area contributed by atoms with E-state index in [1.54, 1.807) is 30.1 Å². The fourth-order valence-electron chi connectivity index (χ4n) is 3.60. The Morgan fingerprint density at radius 2 is 2.00 bits per heavy atom. The summed E-state index contributed by atoms with van der Waals surface area (Å²) in [7, 11) is 3.21. The maximum Gasteiger partial charge on any atom is 0.213 e. The predicted molar refractivity (Wildman–Crippen MR) is 101 cm³/mol. The van der Waals surface area contributed by atoms with Crippen LogP contribution in [0.4, 0.5) is 0 Å². The summed E-state index contributed by atoms with van der Waals surface area (Å²) in [6, 6.07) is 5.47. The van der Waals surface area contributed by atoms with Crippen LogP contribution >= 0.6 is 11.3 Å². The summed E-state index contributed by atoms with van der Waals surface area (Å²) in [5.74, 6) is 1.82. The lowest BCUT2D eigenvalue weighted by Gasteiger charge is -2.18. The van der Waals surface area contributed by atoms with Gasteiger partial charge in [0.25, 0.3) is 0 Å². The smallest absolute Gasteiger partial charge is 0.213 e. The van der Waals surface area contributed by atoms with Gasteiger partial charge in [-0.2, -0.15) is 9.61 Å². The van der Waals surface area contributed by atoms with Crippen molar-refractivity contribution in [2.45, 2.75) is 38.0 Å². The molecule has 0 radical (unpaired) electrons. The standard InChI is InChI=1S/C19H21N3O3S/c1-24-13-8-9-16(25-2)14(10-13)17-15(11-23)22-19(20-17)26-18(21-22)12-6-4-3-5-7-12/h8-12H,3-7H2,1-2H3. The van der Waals surface area contributed by atoms with Crippen molar-refractivity contribution in [2.75, 3.05) is 14.2 Å². The van der Waals surface area contributed by atoms with Crippen LogP contribution in [0.15, 0.2) is 18.2 Å². The first-order chi connectivity index (χ1) is 12.7. The zero-order valence-electron chi connectivity index (χ0n) is 14.9. The summed E-state index contributed by atoms with van der Waals surface area (Å²) in [6.07, 6.45) is 6.96. The normalized spacial score (nSPS) is 15.3. The average Bonchev–Trinajstić information content (AvgIpc) is 3.25. The van der Waals surface area contributed by atoms with Gasteiger partial charge in [-0.25, -0.2) is 4.98 Å². The molecule has 7 heteroatoms. The summed E-state index contributed by atoms with van der Waals surface area (Å²) in [5, 5.41) is 5.80. The molecule has 2 heterocycles. The van der Waals surface area contributed by atoms with Gasteiger partial charge in [-0.05, 0) is 31.0 Å². The van der Waals surface area contributed by atoms with E-state index in [0.29, 0.717) is 28.8 Å². The van der Waals surface area contributed by atoms with Crippen molar-refractivity contribution < 1.29 is 14.3 Å². The number of nitrogens with zero attached hydrogens (tertiary/aromatic N) is 3. The second-order valence-corrected chi connectivity index (χ2v) is 7.49. The van der Waals surface area contributed by atoms with Crippen molar-refractivity contribution in [1.29, 1.82) is 0 Å². The van der Waals surface area contributed by atoms with Crippen LogP contribution in [0.25, 0.3) is 16.2 Å². The van der Waals surface area contributed by atoms with Gasteiger partial charge in [-0.15, -0.1) is 0 Å². The minimum Gasteiger partial charge on any atom is -0.497 e. The molecule has 1 fully saturated rings. The third kappa shape index (κ3) is 2.86. The van der Waals surface area contributed by atoms with Crippen LogP contribution in [0.1, 0.15) is 53.5 Å². The third-order valence-corrected chi connectivity index (χ3v) is 6.05. The van der Waals surface area contributed by atoms with Gasteiger partial charge in [0.1, 0.15) is 27.9 Å². The lowest BCUT2D eigenvalue weighted by molar-refractivity contribution is 0.111. The van der Waals surface area contributed by atoms with E-state index >= 15 is 0 Å². The Balaban J connectivity index is 1.81. The summed E-state index contributed by atoms with van der Waals surface area (Å²) >= 11 is 1.58. The average molecular weight is 371 g/mol. The van der Waals surface area contributed by atoms with E-state index in [0.717, 1.165) is 21.8 Å². The molecule has 1 saturated carbocycles. The van der Waals surface area contributed by atoms with Crippen LogP contribution in [-0.4, -0.2) is 35.1 Å². The third-order valence-electron chi connectivity index (χ3n) is 4.98. The molecule has 4 rings (SSSR count). The lowest BCUT2D eigenvalue weighted by Crippen LogP contribution is -2.05. The summed E-state index contributed by atoms with van der Waals surface area (Å²) < 4.78 is 12.4. The molecule has 0 aliphatic heterocycles. The Labute approximate surface area is 155 Å². The quantitative estimate of drug-likeness (QED) is 0.624. The molecule has 0 N–H and O–H groups in total. The highest BCUT2D eigenvalue weighted by molar-refractivity contribution is 7.16. The molecule has 0 spiro atoms. The minimum absolute atomic E-state index is 0.449. The molecule has 3 aromatic rings. The van der Waals surface area contributed by atoms with Crippen LogP contribution in [-0.2, 0) is 0 Å². The molecule has 26 heavy (non-hydrogen) atoms. The maximum absolute atomic E-state index is 11.8. The number of methoxy groups -OCH3 is 2. The second-order valence-electron chi connectivity index (χ2n) is 6.50. The minimum atomic E-state index is 0.449. The number of fused-ring (bicyclic) bond motifs is 1. The van der Waals surface area contributed by atoms with Crippen molar-refractivity contribution in [3.8, 4) is 22.8 Å². The van der Waals surface area contributed by atoms with Crippen molar-refractivity contribution in [1.82, 2.24) is 14.6 Å². The molecular formula is C19H21N3O3S. The molecule has 1 aromatic carbocycles. The number of aldehydes is 1. The topological polar surface area (TPSA) is 65.7 Å². The number of hydrogen-bond donors (Lipinski definition) is 0. The van der Waals surface area contributed by atoms with Crippen LogP contribution in [0.2, 0.25) is 0 Å². The Morgan fingerprint density at radius 3 is 2.69 bits per heavy atom. The monoisotopic (exact) mass is 371 g/mol. The molecule has 1 aliphatic rings. The van der Waals surface area contributed by atoms with Gasteiger partial charge in [0.15, 0.2) is 6.29 Å². The second kappa shape index (κ2) is 7.07. The molecule has 0 atom stereocenters. The predicted octanol–water partition coefficient (Wildman–Crippen LogP) is 4.34. The molecule has 0 saturated heterocycles. The van der Waals surface area contributed by atoms with E-state index < -0.39 is 0 Å². The van der Waals surface area contributed by atoms with Crippen LogP contribution in [0, 0.1) is 0 Å². The van der Waals surface area contributed by atoms with Gasteiger partial charge < -0.3 is 9.47 Å². The number of benzene rings is 1. The number of carbonyl (C=O) groups excluding carboxylic acids is 1. The largest absolute Gasteiger partial charge is 0.497 e. The van der Waals surface area contributed by atoms with E-state index in [-0.39, 0.29) is 0 Å².